The summed E-state index contributed by atoms with van der Waals surface area (Å²) in [6, 6.07) is 7.80. The number of aliphatic hydroxyl groups is 1. The molecular weight excluding hydrogens is 539 g/mol. The van der Waals surface area contributed by atoms with Crippen LogP contribution in [0.25, 0.3) is 0 Å². The number of alkyl halides is 4. The minimum absolute atomic E-state index is 0.0233. The maximum absolute atomic E-state index is 14.4. The number of carbonyl (C=O) groups is 2. The predicted octanol–water partition coefficient (Wildman–Crippen LogP) is 2.73. The highest BCUT2D eigenvalue weighted by atomic mass is 19.4. The van der Waals surface area contributed by atoms with Crippen molar-refractivity contribution < 1.29 is 41.4 Å². The summed E-state index contributed by atoms with van der Waals surface area (Å²) in [5.41, 5.74) is 10.8. The number of ketones is 1. The van der Waals surface area contributed by atoms with Crippen molar-refractivity contribution in [3.05, 3.63) is 59.4 Å². The lowest BCUT2D eigenvalue weighted by Crippen LogP contribution is -2.42. The van der Waals surface area contributed by atoms with Crippen LogP contribution in [0.5, 0.6) is 5.75 Å². The fraction of sp³-hybridized carbons (Fsp3) is 0.481. The van der Waals surface area contributed by atoms with Gasteiger partial charge in [-0.15, -0.1) is 0 Å². The van der Waals surface area contributed by atoms with E-state index in [1.54, 1.807) is 4.90 Å². The first-order valence-corrected chi connectivity index (χ1v) is 12.8. The van der Waals surface area contributed by atoms with Gasteiger partial charge in [0.15, 0.2) is 11.6 Å². The fourth-order valence-electron chi connectivity index (χ4n) is 4.72. The van der Waals surface area contributed by atoms with Crippen molar-refractivity contribution in [1.82, 2.24) is 4.90 Å². The number of ether oxygens (including phenoxy) is 1. The Bertz CT molecular complexity index is 1140. The van der Waals surface area contributed by atoms with Gasteiger partial charge in [0.2, 0.25) is 5.91 Å². The zero-order chi connectivity index (χ0) is 29.4. The summed E-state index contributed by atoms with van der Waals surface area (Å²) in [6.45, 7) is 0.0400. The van der Waals surface area contributed by atoms with E-state index in [0.29, 0.717) is 18.7 Å². The minimum atomic E-state index is -4.54. The van der Waals surface area contributed by atoms with Gasteiger partial charge in [0.1, 0.15) is 25.3 Å². The molecule has 4 atom stereocenters. The molecule has 4 unspecified atom stereocenters. The molecule has 0 heterocycles. The molecule has 6 N–H and O–H groups in total. The number of hydrogen-bond acceptors (Lipinski definition) is 7. The van der Waals surface area contributed by atoms with Gasteiger partial charge in [0, 0.05) is 49.8 Å². The first-order valence-electron chi connectivity index (χ1n) is 12.8. The molecule has 0 bridgehead atoms. The number of nitrogens with one attached hydrogen (secondary N) is 1. The molecule has 2 aromatic rings. The molecule has 3 rings (SSSR count). The highest BCUT2D eigenvalue weighted by molar-refractivity contribution is 6.05. The number of rotatable bonds is 15. The lowest BCUT2D eigenvalue weighted by Gasteiger charge is -2.27. The van der Waals surface area contributed by atoms with Gasteiger partial charge in [0.25, 0.3) is 0 Å². The van der Waals surface area contributed by atoms with Gasteiger partial charge >= 0.3 is 6.18 Å². The van der Waals surface area contributed by atoms with E-state index in [-0.39, 0.29) is 49.8 Å². The maximum atomic E-state index is 14.4. The van der Waals surface area contributed by atoms with Crippen LogP contribution in [0.15, 0.2) is 42.5 Å². The van der Waals surface area contributed by atoms with E-state index in [2.05, 4.69) is 5.32 Å². The number of hydrogen-bond donors (Lipinski definition) is 4. The van der Waals surface area contributed by atoms with Gasteiger partial charge in [-0.2, -0.15) is 13.2 Å². The molecule has 1 fully saturated rings. The molecule has 0 spiro atoms. The smallest absolute Gasteiger partial charge is 0.416 e. The molecule has 13 heteroatoms. The SMILES string of the molecule is NCCN(CCN)C(O)CC1C(=O)C1C(Cc1ccc(C(F)(F)F)cc1)C(=O)Nc1ccc(OCCF)c(F)c1. The van der Waals surface area contributed by atoms with Crippen LogP contribution in [0, 0.1) is 23.6 Å². The first-order chi connectivity index (χ1) is 19.0. The molecule has 1 saturated carbocycles. The molecule has 0 aromatic heterocycles. The van der Waals surface area contributed by atoms with E-state index in [1.165, 1.54) is 24.3 Å². The van der Waals surface area contributed by atoms with Crippen molar-refractivity contribution in [3.8, 4) is 5.75 Å². The average Bonchev–Trinajstić information content (AvgIpc) is 3.53. The van der Waals surface area contributed by atoms with Crippen molar-refractivity contribution >= 4 is 17.4 Å². The summed E-state index contributed by atoms with van der Waals surface area (Å²) in [5, 5.41) is 13.2. The molecule has 1 amide bonds. The number of amides is 1. The normalized spacial score (nSPS) is 18.5. The quantitative estimate of drug-likeness (QED) is 0.191. The second-order valence-electron chi connectivity index (χ2n) is 9.54. The Labute approximate surface area is 228 Å². The zero-order valence-electron chi connectivity index (χ0n) is 21.7. The van der Waals surface area contributed by atoms with Crippen LogP contribution in [0.4, 0.5) is 27.6 Å². The molecule has 8 nitrogen and oxygen atoms in total. The zero-order valence-corrected chi connectivity index (χ0v) is 21.7. The summed E-state index contributed by atoms with van der Waals surface area (Å²) in [6.07, 6.45) is -5.61. The molecule has 0 radical (unpaired) electrons. The molecule has 0 aliphatic heterocycles. The summed E-state index contributed by atoms with van der Waals surface area (Å²) >= 11 is 0. The Balaban J connectivity index is 1.80. The van der Waals surface area contributed by atoms with Crippen molar-refractivity contribution in [3.63, 3.8) is 0 Å². The average molecular weight is 573 g/mol. The van der Waals surface area contributed by atoms with Crippen LogP contribution >= 0.6 is 0 Å². The van der Waals surface area contributed by atoms with Gasteiger partial charge < -0.3 is 26.6 Å². The number of aliphatic hydroxyl groups excluding tert-OH is 1. The summed E-state index contributed by atoms with van der Waals surface area (Å²) in [7, 11) is 0. The Hall–Kier alpha value is -3.13. The third-order valence-corrected chi connectivity index (χ3v) is 6.78. The van der Waals surface area contributed by atoms with Gasteiger partial charge in [-0.25, -0.2) is 8.78 Å². The third kappa shape index (κ3) is 8.19. The number of halogens is 5. The van der Waals surface area contributed by atoms with E-state index in [1.807, 2.05) is 0 Å². The van der Waals surface area contributed by atoms with Crippen molar-refractivity contribution in [2.45, 2.75) is 25.2 Å². The van der Waals surface area contributed by atoms with Gasteiger partial charge in [-0.1, -0.05) is 12.1 Å². The van der Waals surface area contributed by atoms with E-state index in [0.717, 1.165) is 18.2 Å². The summed E-state index contributed by atoms with van der Waals surface area (Å²) < 4.78 is 70.7. The van der Waals surface area contributed by atoms with Crippen LogP contribution in [0.1, 0.15) is 17.5 Å². The second-order valence-corrected chi connectivity index (χ2v) is 9.54. The maximum Gasteiger partial charge on any atom is 0.416 e. The molecule has 1 aliphatic rings. The molecule has 2 aromatic carbocycles. The van der Waals surface area contributed by atoms with Crippen molar-refractivity contribution in [2.75, 3.05) is 44.8 Å². The molecule has 0 saturated heterocycles. The Morgan fingerprint density at radius 2 is 1.75 bits per heavy atom. The summed E-state index contributed by atoms with van der Waals surface area (Å²) in [4.78, 5) is 27.8. The number of carbonyl (C=O) groups excluding carboxylic acids is 2. The van der Waals surface area contributed by atoms with E-state index >= 15 is 0 Å². The van der Waals surface area contributed by atoms with Crippen LogP contribution < -0.4 is 21.5 Å². The Morgan fingerprint density at radius 3 is 2.30 bits per heavy atom. The number of anilines is 1. The van der Waals surface area contributed by atoms with Crippen molar-refractivity contribution in [2.24, 2.45) is 29.2 Å². The molecule has 40 heavy (non-hydrogen) atoms. The van der Waals surface area contributed by atoms with Gasteiger partial charge in [0.05, 0.1) is 11.5 Å². The van der Waals surface area contributed by atoms with E-state index in [4.69, 9.17) is 16.2 Å². The van der Waals surface area contributed by atoms with Gasteiger partial charge in [-0.3, -0.25) is 14.5 Å². The number of nitrogens with zero attached hydrogens (tertiary/aromatic N) is 1. The second kappa shape index (κ2) is 14.0. The Kier molecular flexibility index (Phi) is 11.0. The molecule has 220 valence electrons. The highest BCUT2D eigenvalue weighted by Gasteiger charge is 2.56. The Morgan fingerprint density at radius 1 is 1.10 bits per heavy atom. The first kappa shape index (κ1) is 31.4. The third-order valence-electron chi connectivity index (χ3n) is 6.78. The summed E-state index contributed by atoms with van der Waals surface area (Å²) in [5.74, 6) is -4.46. The lowest BCUT2D eigenvalue weighted by molar-refractivity contribution is -0.137. The highest BCUT2D eigenvalue weighted by Crippen LogP contribution is 2.45. The number of Topliss-reactive ketones (excluding diaryl/α,β-unsaturated/α-hetero) is 1. The monoisotopic (exact) mass is 572 g/mol. The predicted molar refractivity (Wildman–Crippen MR) is 137 cm³/mol. The van der Waals surface area contributed by atoms with E-state index < -0.39 is 54.1 Å². The minimum Gasteiger partial charge on any atom is -0.488 e. The van der Waals surface area contributed by atoms with Crippen molar-refractivity contribution in [1.29, 1.82) is 0 Å². The molecule has 1 aliphatic carbocycles. The molecular formula is C27H33F5N4O4. The van der Waals surface area contributed by atoms with Crippen LogP contribution in [-0.2, 0) is 22.2 Å². The largest absolute Gasteiger partial charge is 0.488 e. The van der Waals surface area contributed by atoms with Gasteiger partial charge in [-0.05, 0) is 42.7 Å². The fourth-order valence-corrected chi connectivity index (χ4v) is 4.72. The van der Waals surface area contributed by atoms with E-state index in [9.17, 15) is 36.6 Å². The standard InChI is InChI=1S/C27H33F5N4O4/c28-7-12-40-22-6-5-18(14-21(22)29)35-26(39)20(13-16-1-3-17(4-2-16)27(30,31)32)24-19(25(24)38)15-23(37)36(10-8-33)11-9-34/h1-6,14,19-20,23-24,37H,7-13,15,33-34H2,(H,35,39). The number of nitrogens with two attached hydrogens (primary N) is 2. The van der Waals surface area contributed by atoms with Crippen LogP contribution in [-0.4, -0.2) is 67.4 Å². The lowest BCUT2D eigenvalue weighted by atomic mass is 9.91. The van der Waals surface area contributed by atoms with Crippen LogP contribution in [0.2, 0.25) is 0 Å². The number of benzene rings is 2. The van der Waals surface area contributed by atoms with Crippen LogP contribution in [0.3, 0.4) is 0 Å². The topological polar surface area (TPSA) is 131 Å².